The van der Waals surface area contributed by atoms with E-state index in [9.17, 15) is 0 Å². The number of nitrogens with one attached hydrogen (secondary N) is 2. The van der Waals surface area contributed by atoms with E-state index in [4.69, 9.17) is 16.3 Å². The van der Waals surface area contributed by atoms with Gasteiger partial charge in [0.15, 0.2) is 5.82 Å². The highest BCUT2D eigenvalue weighted by atomic mass is 35.5. The van der Waals surface area contributed by atoms with Gasteiger partial charge in [0, 0.05) is 25.4 Å². The van der Waals surface area contributed by atoms with Crippen molar-refractivity contribution in [3.63, 3.8) is 0 Å². The summed E-state index contributed by atoms with van der Waals surface area (Å²) in [6.45, 7) is 3.30. The van der Waals surface area contributed by atoms with Crippen molar-refractivity contribution in [1.29, 1.82) is 0 Å². The second kappa shape index (κ2) is 6.91. The van der Waals surface area contributed by atoms with E-state index in [0.717, 1.165) is 12.1 Å². The van der Waals surface area contributed by atoms with Gasteiger partial charge in [0.1, 0.15) is 5.02 Å². The summed E-state index contributed by atoms with van der Waals surface area (Å²) in [4.78, 5) is 12.5. The molecular formula is C13H16ClN5O. The van der Waals surface area contributed by atoms with Gasteiger partial charge in [0.05, 0.1) is 13.3 Å². The van der Waals surface area contributed by atoms with Gasteiger partial charge in [-0.2, -0.15) is 4.98 Å². The van der Waals surface area contributed by atoms with Crippen LogP contribution in [0.3, 0.4) is 0 Å². The SMILES string of the molecule is CCNc1ncc(Cl)c(NCc2ccc(OC)nc2)n1. The van der Waals surface area contributed by atoms with Crippen molar-refractivity contribution >= 4 is 23.4 Å². The van der Waals surface area contributed by atoms with Gasteiger partial charge in [-0.3, -0.25) is 0 Å². The highest BCUT2D eigenvalue weighted by Crippen LogP contribution is 2.20. The van der Waals surface area contributed by atoms with E-state index in [0.29, 0.717) is 29.2 Å². The smallest absolute Gasteiger partial charge is 0.224 e. The lowest BCUT2D eigenvalue weighted by atomic mass is 10.3. The molecule has 0 aliphatic rings. The van der Waals surface area contributed by atoms with Crippen LogP contribution in [0.4, 0.5) is 11.8 Å². The maximum absolute atomic E-state index is 6.06. The van der Waals surface area contributed by atoms with Crippen LogP contribution in [0.2, 0.25) is 5.02 Å². The summed E-state index contributed by atoms with van der Waals surface area (Å²) >= 11 is 6.06. The van der Waals surface area contributed by atoms with Crippen molar-refractivity contribution in [3.8, 4) is 5.88 Å². The molecule has 0 spiro atoms. The van der Waals surface area contributed by atoms with Crippen molar-refractivity contribution in [3.05, 3.63) is 35.1 Å². The molecule has 20 heavy (non-hydrogen) atoms. The molecular weight excluding hydrogens is 278 g/mol. The average molecular weight is 294 g/mol. The molecule has 0 aromatic carbocycles. The van der Waals surface area contributed by atoms with Crippen LogP contribution in [0.25, 0.3) is 0 Å². The van der Waals surface area contributed by atoms with Crippen LogP contribution in [0, 0.1) is 0 Å². The first-order valence-electron chi connectivity index (χ1n) is 6.22. The van der Waals surface area contributed by atoms with Gasteiger partial charge in [-0.15, -0.1) is 0 Å². The lowest BCUT2D eigenvalue weighted by Gasteiger charge is -2.09. The molecule has 2 aromatic heterocycles. The standard InChI is InChI=1S/C13H16ClN5O/c1-3-15-13-18-8-10(14)12(19-13)17-7-9-4-5-11(20-2)16-6-9/h4-6,8H,3,7H2,1-2H3,(H2,15,17,18,19). The summed E-state index contributed by atoms with van der Waals surface area (Å²) in [5.74, 6) is 1.73. The Morgan fingerprint density at radius 3 is 2.70 bits per heavy atom. The van der Waals surface area contributed by atoms with E-state index < -0.39 is 0 Å². The number of halogens is 1. The molecule has 2 heterocycles. The van der Waals surface area contributed by atoms with E-state index in [1.807, 2.05) is 19.1 Å². The summed E-state index contributed by atoms with van der Waals surface area (Å²) in [6, 6.07) is 3.74. The first-order valence-corrected chi connectivity index (χ1v) is 6.60. The Labute approximate surface area is 122 Å². The molecule has 2 N–H and O–H groups in total. The van der Waals surface area contributed by atoms with Gasteiger partial charge in [0.25, 0.3) is 0 Å². The second-order valence-electron chi connectivity index (χ2n) is 3.98. The first-order chi connectivity index (χ1) is 9.72. The molecule has 6 nitrogen and oxygen atoms in total. The quantitative estimate of drug-likeness (QED) is 0.853. The predicted octanol–water partition coefficient (Wildman–Crippen LogP) is 2.58. The van der Waals surface area contributed by atoms with Crippen LogP contribution < -0.4 is 15.4 Å². The maximum atomic E-state index is 6.06. The largest absolute Gasteiger partial charge is 0.481 e. The summed E-state index contributed by atoms with van der Waals surface area (Å²) in [5, 5.41) is 6.68. The maximum Gasteiger partial charge on any atom is 0.224 e. The fourth-order valence-electron chi connectivity index (χ4n) is 1.56. The molecule has 2 aromatic rings. The molecule has 2 rings (SSSR count). The lowest BCUT2D eigenvalue weighted by molar-refractivity contribution is 0.397. The predicted molar refractivity (Wildman–Crippen MR) is 79.3 cm³/mol. The number of hydrogen-bond donors (Lipinski definition) is 2. The van der Waals surface area contributed by atoms with E-state index in [2.05, 4.69) is 25.6 Å². The van der Waals surface area contributed by atoms with E-state index in [-0.39, 0.29) is 0 Å². The van der Waals surface area contributed by atoms with E-state index >= 15 is 0 Å². The fourth-order valence-corrected chi connectivity index (χ4v) is 1.71. The minimum Gasteiger partial charge on any atom is -0.481 e. The Morgan fingerprint density at radius 2 is 2.05 bits per heavy atom. The Kier molecular flexibility index (Phi) is 4.95. The molecule has 106 valence electrons. The molecule has 0 atom stereocenters. The molecule has 0 fully saturated rings. The normalized spacial score (nSPS) is 10.2. The molecule has 0 aliphatic heterocycles. The highest BCUT2D eigenvalue weighted by Gasteiger charge is 2.05. The molecule has 0 saturated heterocycles. The zero-order valence-electron chi connectivity index (χ0n) is 11.4. The number of nitrogens with zero attached hydrogens (tertiary/aromatic N) is 3. The van der Waals surface area contributed by atoms with Crippen molar-refractivity contribution in [2.45, 2.75) is 13.5 Å². The number of aromatic nitrogens is 3. The number of pyridine rings is 1. The second-order valence-corrected chi connectivity index (χ2v) is 4.39. The van der Waals surface area contributed by atoms with Gasteiger partial charge >= 0.3 is 0 Å². The zero-order valence-corrected chi connectivity index (χ0v) is 12.1. The third kappa shape index (κ3) is 3.71. The molecule has 0 bridgehead atoms. The first kappa shape index (κ1) is 14.3. The Hall–Kier alpha value is -2.08. The van der Waals surface area contributed by atoms with Gasteiger partial charge in [-0.1, -0.05) is 17.7 Å². The highest BCUT2D eigenvalue weighted by molar-refractivity contribution is 6.32. The van der Waals surface area contributed by atoms with Crippen LogP contribution in [0.1, 0.15) is 12.5 Å². The van der Waals surface area contributed by atoms with Crippen LogP contribution >= 0.6 is 11.6 Å². The Morgan fingerprint density at radius 1 is 1.20 bits per heavy atom. The lowest BCUT2D eigenvalue weighted by Crippen LogP contribution is -2.07. The molecule has 0 aliphatic carbocycles. The zero-order chi connectivity index (χ0) is 14.4. The number of methoxy groups -OCH3 is 1. The average Bonchev–Trinajstić information content (AvgIpc) is 2.48. The topological polar surface area (TPSA) is 72.0 Å². The molecule has 7 heteroatoms. The molecule has 0 amide bonds. The molecule has 0 saturated carbocycles. The summed E-state index contributed by atoms with van der Waals surface area (Å²) in [6.07, 6.45) is 3.31. The number of hydrogen-bond acceptors (Lipinski definition) is 6. The summed E-state index contributed by atoms with van der Waals surface area (Å²) in [7, 11) is 1.59. The minimum absolute atomic E-state index is 0.480. The number of ether oxygens (including phenoxy) is 1. The van der Waals surface area contributed by atoms with Crippen LogP contribution in [-0.4, -0.2) is 28.6 Å². The van der Waals surface area contributed by atoms with Crippen molar-refractivity contribution < 1.29 is 4.74 Å². The van der Waals surface area contributed by atoms with Crippen molar-refractivity contribution in [2.24, 2.45) is 0 Å². The molecule has 0 unspecified atom stereocenters. The van der Waals surface area contributed by atoms with Crippen molar-refractivity contribution in [1.82, 2.24) is 15.0 Å². The van der Waals surface area contributed by atoms with Gasteiger partial charge < -0.3 is 15.4 Å². The summed E-state index contributed by atoms with van der Waals surface area (Å²) in [5.41, 5.74) is 1.01. The third-order valence-electron chi connectivity index (χ3n) is 2.55. The monoisotopic (exact) mass is 293 g/mol. The Balaban J connectivity index is 2.03. The van der Waals surface area contributed by atoms with E-state index in [1.54, 1.807) is 19.5 Å². The van der Waals surface area contributed by atoms with Crippen LogP contribution in [0.5, 0.6) is 5.88 Å². The summed E-state index contributed by atoms with van der Waals surface area (Å²) < 4.78 is 5.01. The van der Waals surface area contributed by atoms with Crippen molar-refractivity contribution in [2.75, 3.05) is 24.3 Å². The Bertz CT molecular complexity index is 561. The number of anilines is 2. The van der Waals surface area contributed by atoms with Gasteiger partial charge in [-0.25, -0.2) is 9.97 Å². The minimum atomic E-state index is 0.480. The van der Waals surface area contributed by atoms with Crippen LogP contribution in [0.15, 0.2) is 24.5 Å². The van der Waals surface area contributed by atoms with Crippen LogP contribution in [-0.2, 0) is 6.54 Å². The third-order valence-corrected chi connectivity index (χ3v) is 2.82. The van der Waals surface area contributed by atoms with E-state index in [1.165, 1.54) is 0 Å². The fraction of sp³-hybridized carbons (Fsp3) is 0.308. The van der Waals surface area contributed by atoms with Gasteiger partial charge in [0.2, 0.25) is 11.8 Å². The van der Waals surface area contributed by atoms with Gasteiger partial charge in [-0.05, 0) is 12.5 Å². The molecule has 0 radical (unpaired) electrons. The number of rotatable bonds is 6.